The predicted molar refractivity (Wildman–Crippen MR) is 156 cm³/mol. The number of para-hydroxylation sites is 1. The molecule has 0 aliphatic heterocycles. The minimum absolute atomic E-state index is 0.211. The van der Waals surface area contributed by atoms with Crippen molar-refractivity contribution in [2.75, 3.05) is 12.8 Å². The molecule has 4 aromatic rings. The third-order valence-electron chi connectivity index (χ3n) is 6.45. The summed E-state index contributed by atoms with van der Waals surface area (Å²) in [5, 5.41) is 0.793. The molecule has 0 saturated carbocycles. The number of carbonyl (C=O) groups is 2. The van der Waals surface area contributed by atoms with Crippen molar-refractivity contribution in [3.8, 4) is 5.75 Å². The standard InChI is InChI=1S/C31H30BrO4P/c1-25(33)36-30-22-12-11-21-29(30)31(34)35-23-13-14-24-37(32,26-15-5-2-6-16-26,27-17-7-3-8-18-27)28-19-9-4-10-20-28/h2-12,15-22H,13-14,23-24H2,1H3. The van der Waals surface area contributed by atoms with Crippen LogP contribution in [0.1, 0.15) is 30.1 Å². The number of carbonyl (C=O) groups excluding carboxylic acids is 2. The molecular formula is C31H30BrO4P. The molecule has 0 aliphatic carbocycles. The Morgan fingerprint density at radius 2 is 1.14 bits per heavy atom. The van der Waals surface area contributed by atoms with Crippen LogP contribution in [0.25, 0.3) is 0 Å². The summed E-state index contributed by atoms with van der Waals surface area (Å²) in [6, 6.07) is 38.5. The van der Waals surface area contributed by atoms with Crippen LogP contribution < -0.4 is 20.7 Å². The third-order valence-corrected chi connectivity index (χ3v) is 16.5. The van der Waals surface area contributed by atoms with Gasteiger partial charge in [0.1, 0.15) is 0 Å². The number of unbranched alkanes of at least 4 members (excludes halogenated alkanes) is 1. The van der Waals surface area contributed by atoms with E-state index in [1.807, 2.05) is 18.2 Å². The normalized spacial score (nSPS) is 12.2. The molecule has 0 unspecified atom stereocenters. The number of hydrogen-bond acceptors (Lipinski definition) is 4. The summed E-state index contributed by atoms with van der Waals surface area (Å²) in [7, 11) is 0. The number of ether oxygens (including phenoxy) is 2. The van der Waals surface area contributed by atoms with Gasteiger partial charge in [-0.3, -0.25) is 0 Å². The Labute approximate surface area is 226 Å². The first-order chi connectivity index (χ1) is 17.9. The van der Waals surface area contributed by atoms with Crippen molar-refractivity contribution in [1.29, 1.82) is 0 Å². The van der Waals surface area contributed by atoms with E-state index in [9.17, 15) is 9.59 Å². The molecule has 37 heavy (non-hydrogen) atoms. The summed E-state index contributed by atoms with van der Waals surface area (Å²) in [6.45, 7) is 1.57. The number of hydrogen-bond donors (Lipinski definition) is 0. The van der Waals surface area contributed by atoms with Gasteiger partial charge < -0.3 is 0 Å². The van der Waals surface area contributed by atoms with Crippen molar-refractivity contribution in [3.63, 3.8) is 0 Å². The van der Waals surface area contributed by atoms with E-state index in [-0.39, 0.29) is 17.9 Å². The van der Waals surface area contributed by atoms with Gasteiger partial charge in [0.15, 0.2) is 0 Å². The second-order valence-corrected chi connectivity index (χ2v) is 17.9. The summed E-state index contributed by atoms with van der Waals surface area (Å²) in [6.07, 6.45) is 2.39. The van der Waals surface area contributed by atoms with E-state index >= 15 is 0 Å². The summed E-state index contributed by atoms with van der Waals surface area (Å²) in [5.74, 6) is -0.767. The van der Waals surface area contributed by atoms with E-state index in [0.29, 0.717) is 6.42 Å². The zero-order chi connectivity index (χ0) is 26.2. The van der Waals surface area contributed by atoms with Crippen LogP contribution in [0.2, 0.25) is 0 Å². The van der Waals surface area contributed by atoms with E-state index in [4.69, 9.17) is 9.47 Å². The molecule has 0 atom stereocenters. The van der Waals surface area contributed by atoms with Gasteiger partial charge in [-0.25, -0.2) is 0 Å². The zero-order valence-electron chi connectivity index (χ0n) is 20.8. The first-order valence-electron chi connectivity index (χ1n) is 12.3. The fourth-order valence-corrected chi connectivity index (χ4v) is 12.4. The predicted octanol–water partition coefficient (Wildman–Crippen LogP) is 6.39. The second-order valence-electron chi connectivity index (χ2n) is 8.85. The van der Waals surface area contributed by atoms with Gasteiger partial charge >= 0.3 is 227 Å². The van der Waals surface area contributed by atoms with Crippen molar-refractivity contribution in [3.05, 3.63) is 121 Å². The van der Waals surface area contributed by atoms with Crippen LogP contribution in [0.3, 0.4) is 0 Å². The van der Waals surface area contributed by atoms with E-state index < -0.39 is 17.2 Å². The number of rotatable bonds is 10. The van der Waals surface area contributed by atoms with Gasteiger partial charge in [0, 0.05) is 0 Å². The Balaban J connectivity index is 1.57. The van der Waals surface area contributed by atoms with Gasteiger partial charge in [-0.05, 0) is 0 Å². The van der Waals surface area contributed by atoms with Crippen molar-refractivity contribution < 1.29 is 19.1 Å². The number of benzene rings is 4. The van der Waals surface area contributed by atoms with Crippen LogP contribution in [0.5, 0.6) is 5.75 Å². The molecule has 190 valence electrons. The minimum atomic E-state index is -2.99. The molecule has 6 heteroatoms. The zero-order valence-corrected chi connectivity index (χ0v) is 23.2. The Hall–Kier alpha value is -3.27. The van der Waals surface area contributed by atoms with Gasteiger partial charge in [-0.2, -0.15) is 0 Å². The Bertz CT molecular complexity index is 1240. The SMILES string of the molecule is CC(=O)Oc1ccccc1C(=O)OCCCCP(Br)(c1ccccc1)(c1ccccc1)c1ccccc1. The summed E-state index contributed by atoms with van der Waals surface area (Å²) in [4.78, 5) is 24.1. The molecule has 0 N–H and O–H groups in total. The van der Waals surface area contributed by atoms with Gasteiger partial charge in [-0.15, -0.1) is 0 Å². The van der Waals surface area contributed by atoms with Gasteiger partial charge in [0.05, 0.1) is 0 Å². The van der Waals surface area contributed by atoms with E-state index in [0.717, 1.165) is 12.6 Å². The van der Waals surface area contributed by atoms with Crippen LogP contribution in [0.15, 0.2) is 115 Å². The monoisotopic (exact) mass is 576 g/mol. The van der Waals surface area contributed by atoms with Gasteiger partial charge in [-0.1, -0.05) is 0 Å². The second kappa shape index (κ2) is 11.9. The van der Waals surface area contributed by atoms with Gasteiger partial charge in [0.25, 0.3) is 0 Å². The molecule has 0 amide bonds. The molecular weight excluding hydrogens is 547 g/mol. The molecule has 4 nitrogen and oxygen atoms in total. The number of halogens is 1. The van der Waals surface area contributed by atoms with E-state index in [1.54, 1.807) is 24.3 Å². The molecule has 0 fully saturated rings. The average Bonchev–Trinajstić information content (AvgIpc) is 2.94. The Morgan fingerprint density at radius 3 is 1.62 bits per heavy atom. The van der Waals surface area contributed by atoms with Crippen molar-refractivity contribution >= 4 is 48.6 Å². The molecule has 0 spiro atoms. The van der Waals surface area contributed by atoms with E-state index in [1.165, 1.54) is 22.8 Å². The maximum absolute atomic E-state index is 12.7. The quantitative estimate of drug-likeness (QED) is 0.0950. The van der Waals surface area contributed by atoms with Crippen LogP contribution in [-0.4, -0.2) is 24.7 Å². The summed E-state index contributed by atoms with van der Waals surface area (Å²) < 4.78 is 10.7. The van der Waals surface area contributed by atoms with Crippen LogP contribution in [0, 0.1) is 0 Å². The van der Waals surface area contributed by atoms with Crippen molar-refractivity contribution in [2.24, 2.45) is 0 Å². The third kappa shape index (κ3) is 5.69. The average molecular weight is 577 g/mol. The number of esters is 2. The first-order valence-corrected chi connectivity index (χ1v) is 16.7. The molecule has 0 saturated heterocycles. The van der Waals surface area contributed by atoms with Crippen molar-refractivity contribution in [1.82, 2.24) is 0 Å². The molecule has 0 radical (unpaired) electrons. The fourth-order valence-electron chi connectivity index (χ4n) is 4.68. The summed E-state index contributed by atoms with van der Waals surface area (Å²) >= 11 is 4.44. The van der Waals surface area contributed by atoms with E-state index in [2.05, 4.69) is 88.3 Å². The molecule has 4 aromatic carbocycles. The van der Waals surface area contributed by atoms with Crippen LogP contribution >= 0.6 is 20.8 Å². The first kappa shape index (κ1) is 26.8. The topological polar surface area (TPSA) is 52.6 Å². The Kier molecular flexibility index (Phi) is 8.58. The molecule has 0 aliphatic rings. The summed E-state index contributed by atoms with van der Waals surface area (Å²) in [5.41, 5.74) is 0.246. The van der Waals surface area contributed by atoms with Crippen molar-refractivity contribution in [2.45, 2.75) is 19.8 Å². The molecule has 0 aromatic heterocycles. The van der Waals surface area contributed by atoms with Gasteiger partial charge in [0.2, 0.25) is 0 Å². The van der Waals surface area contributed by atoms with Crippen LogP contribution in [-0.2, 0) is 9.53 Å². The molecule has 0 heterocycles. The fraction of sp³-hybridized carbons (Fsp3) is 0.161. The molecule has 0 bridgehead atoms. The van der Waals surface area contributed by atoms with Crippen LogP contribution in [0.4, 0.5) is 0 Å². The Morgan fingerprint density at radius 1 is 0.676 bits per heavy atom. The maximum atomic E-state index is 12.7. The molecule has 4 rings (SSSR count).